The van der Waals surface area contributed by atoms with E-state index < -0.39 is 5.41 Å². The zero-order chi connectivity index (χ0) is 28.2. The van der Waals surface area contributed by atoms with Crippen molar-refractivity contribution in [1.82, 2.24) is 19.9 Å². The van der Waals surface area contributed by atoms with E-state index in [4.69, 9.17) is 30.2 Å². The van der Waals surface area contributed by atoms with Gasteiger partial charge in [0.15, 0.2) is 0 Å². The Hall–Kier alpha value is -3.19. The van der Waals surface area contributed by atoms with Gasteiger partial charge in [-0.1, -0.05) is 0 Å². The average molecular weight is 576 g/mol. The summed E-state index contributed by atoms with van der Waals surface area (Å²) in [6, 6.07) is 5.21. The molecule has 0 bridgehead atoms. The maximum atomic E-state index is 9.81. The summed E-state index contributed by atoms with van der Waals surface area (Å²) in [5.74, 6) is 1.18. The van der Waals surface area contributed by atoms with Crippen LogP contribution in [-0.4, -0.2) is 85.5 Å². The summed E-state index contributed by atoms with van der Waals surface area (Å²) in [6.45, 7) is 9.99. The first kappa shape index (κ1) is 26.7. The zero-order valence-electron chi connectivity index (χ0n) is 23.7. The SMILES string of the molecule is CC1(C#N)CCCN(c2nc(OCC3(CN4CCOCC4)CC3)nc(N3CC4(CCc5sc(N)c(C#N)c54)C3)n2)C1. The number of anilines is 3. The second-order valence-corrected chi connectivity index (χ2v) is 14.1. The normalized spacial score (nSPS) is 26.2. The first-order chi connectivity index (χ1) is 19.8. The highest BCUT2D eigenvalue weighted by atomic mass is 32.1. The molecule has 2 N–H and O–H groups in total. The van der Waals surface area contributed by atoms with E-state index in [1.54, 1.807) is 11.3 Å². The Kier molecular flexibility index (Phi) is 6.49. The molecule has 1 atom stereocenters. The topological polar surface area (TPSA) is 140 Å². The molecule has 41 heavy (non-hydrogen) atoms. The molecule has 0 amide bonds. The van der Waals surface area contributed by atoms with Crippen LogP contribution in [-0.2, 0) is 16.6 Å². The van der Waals surface area contributed by atoms with Crippen molar-refractivity contribution in [2.75, 3.05) is 81.2 Å². The van der Waals surface area contributed by atoms with Gasteiger partial charge >= 0.3 is 6.01 Å². The molecule has 3 saturated heterocycles. The molecule has 12 heteroatoms. The Morgan fingerprint density at radius 2 is 1.76 bits per heavy atom. The van der Waals surface area contributed by atoms with Crippen LogP contribution in [0.4, 0.5) is 16.9 Å². The van der Waals surface area contributed by atoms with Gasteiger partial charge in [-0.2, -0.15) is 25.5 Å². The number of nitrogen functional groups attached to an aromatic ring is 1. The Labute approximate surface area is 244 Å². The second kappa shape index (κ2) is 9.97. The Morgan fingerprint density at radius 3 is 2.46 bits per heavy atom. The molecule has 1 spiro atoms. The highest BCUT2D eigenvalue weighted by Gasteiger charge is 2.52. The van der Waals surface area contributed by atoms with Crippen LogP contribution < -0.4 is 20.3 Å². The van der Waals surface area contributed by atoms with Gasteiger partial charge in [0.2, 0.25) is 11.9 Å². The summed E-state index contributed by atoms with van der Waals surface area (Å²) in [5.41, 5.74) is 7.61. The Bertz CT molecular complexity index is 1410. The summed E-state index contributed by atoms with van der Waals surface area (Å²) < 4.78 is 11.9. The highest BCUT2D eigenvalue weighted by molar-refractivity contribution is 7.16. The van der Waals surface area contributed by atoms with Crippen LogP contribution in [0.1, 0.15) is 55.0 Å². The van der Waals surface area contributed by atoms with E-state index in [0.717, 1.165) is 96.6 Å². The molecule has 1 unspecified atom stereocenters. The molecule has 2 aromatic rings. The third-order valence-electron chi connectivity index (χ3n) is 9.72. The molecule has 7 rings (SSSR count). The number of nitriles is 2. The molecule has 5 aliphatic rings. The van der Waals surface area contributed by atoms with E-state index in [2.05, 4.69) is 26.8 Å². The van der Waals surface area contributed by atoms with Gasteiger partial charge in [0.05, 0.1) is 36.9 Å². The van der Waals surface area contributed by atoms with Gasteiger partial charge in [-0.15, -0.1) is 11.3 Å². The minimum Gasteiger partial charge on any atom is -0.463 e. The number of ether oxygens (including phenoxy) is 2. The first-order valence-corrected chi connectivity index (χ1v) is 15.6. The van der Waals surface area contributed by atoms with Crippen LogP contribution in [0.25, 0.3) is 0 Å². The first-order valence-electron chi connectivity index (χ1n) is 14.8. The van der Waals surface area contributed by atoms with Crippen molar-refractivity contribution in [2.45, 2.75) is 50.9 Å². The lowest BCUT2D eigenvalue weighted by Gasteiger charge is -2.48. The maximum Gasteiger partial charge on any atom is 0.323 e. The van der Waals surface area contributed by atoms with Gasteiger partial charge in [-0.05, 0) is 51.0 Å². The van der Waals surface area contributed by atoms with Gasteiger partial charge in [0.1, 0.15) is 11.1 Å². The molecule has 3 aliphatic heterocycles. The fourth-order valence-corrected chi connectivity index (χ4v) is 8.27. The van der Waals surface area contributed by atoms with Gasteiger partial charge in [0.25, 0.3) is 0 Å². The quantitative estimate of drug-likeness (QED) is 0.521. The third kappa shape index (κ3) is 4.86. The maximum absolute atomic E-state index is 9.81. The number of aryl methyl sites for hydroxylation is 1. The highest BCUT2D eigenvalue weighted by Crippen LogP contribution is 2.52. The molecule has 2 aliphatic carbocycles. The number of fused-ring (bicyclic) bond motifs is 2. The minimum atomic E-state index is -0.435. The van der Waals surface area contributed by atoms with Gasteiger partial charge < -0.3 is 25.0 Å². The predicted molar refractivity (Wildman–Crippen MR) is 155 cm³/mol. The standard InChI is InChI=1S/C29H37N9O2S/c1-27(14-31)4-2-8-37(15-27)24-33-25(38-17-29(18-38)5-3-21-22(29)20(13-30)23(32)41-21)35-26(34-24)40-19-28(6-7-28)16-36-9-11-39-12-10-36/h2-12,15-19,32H2,1H3. The fourth-order valence-electron chi connectivity index (χ4n) is 7.13. The lowest BCUT2D eigenvalue weighted by atomic mass is 9.74. The number of hydrogen-bond acceptors (Lipinski definition) is 12. The van der Waals surface area contributed by atoms with Crippen LogP contribution >= 0.6 is 11.3 Å². The van der Waals surface area contributed by atoms with Crippen molar-refractivity contribution < 1.29 is 9.47 Å². The van der Waals surface area contributed by atoms with E-state index in [-0.39, 0.29) is 10.8 Å². The largest absolute Gasteiger partial charge is 0.463 e. The molecule has 5 heterocycles. The second-order valence-electron chi connectivity index (χ2n) is 13.0. The molecular formula is C29H37N9O2S. The zero-order valence-corrected chi connectivity index (χ0v) is 24.5. The fraction of sp³-hybridized carbons (Fsp3) is 0.690. The summed E-state index contributed by atoms with van der Waals surface area (Å²) >= 11 is 1.56. The van der Waals surface area contributed by atoms with Crippen molar-refractivity contribution in [3.8, 4) is 18.1 Å². The van der Waals surface area contributed by atoms with Gasteiger partial charge in [-0.25, -0.2) is 0 Å². The minimum absolute atomic E-state index is 0.0803. The van der Waals surface area contributed by atoms with E-state index in [0.29, 0.717) is 41.6 Å². The van der Waals surface area contributed by atoms with Gasteiger partial charge in [0, 0.05) is 61.5 Å². The number of thiophene rings is 1. The molecule has 1 saturated carbocycles. The predicted octanol–water partition coefficient (Wildman–Crippen LogP) is 2.71. The molecule has 0 aromatic carbocycles. The summed E-state index contributed by atoms with van der Waals surface area (Å²) in [7, 11) is 0. The Balaban J connectivity index is 1.13. The summed E-state index contributed by atoms with van der Waals surface area (Å²) in [4.78, 5) is 22.5. The number of rotatable bonds is 7. The van der Waals surface area contributed by atoms with Crippen LogP contribution in [0, 0.1) is 33.5 Å². The van der Waals surface area contributed by atoms with E-state index in [1.165, 1.54) is 4.88 Å². The number of nitrogens with zero attached hydrogens (tertiary/aromatic N) is 8. The monoisotopic (exact) mass is 575 g/mol. The van der Waals surface area contributed by atoms with Crippen molar-refractivity contribution in [3.63, 3.8) is 0 Å². The van der Waals surface area contributed by atoms with Crippen molar-refractivity contribution in [2.24, 2.45) is 10.8 Å². The number of aromatic nitrogens is 3. The molecular weight excluding hydrogens is 538 g/mol. The molecule has 4 fully saturated rings. The number of morpholine rings is 1. The smallest absolute Gasteiger partial charge is 0.323 e. The van der Waals surface area contributed by atoms with Crippen LogP contribution in [0.5, 0.6) is 6.01 Å². The lowest BCUT2D eigenvalue weighted by molar-refractivity contribution is 0.0231. The van der Waals surface area contributed by atoms with Crippen molar-refractivity contribution >= 4 is 28.2 Å². The molecule has 0 radical (unpaired) electrons. The average Bonchev–Trinajstić information content (AvgIpc) is 3.51. The van der Waals surface area contributed by atoms with Crippen molar-refractivity contribution in [3.05, 3.63) is 16.0 Å². The van der Waals surface area contributed by atoms with Crippen LogP contribution in [0.15, 0.2) is 0 Å². The number of piperidine rings is 1. The van der Waals surface area contributed by atoms with E-state index in [1.807, 2.05) is 6.92 Å². The van der Waals surface area contributed by atoms with Crippen LogP contribution in [0.3, 0.4) is 0 Å². The molecule has 2 aromatic heterocycles. The Morgan fingerprint density at radius 1 is 1.00 bits per heavy atom. The summed E-state index contributed by atoms with van der Waals surface area (Å²) in [5, 5.41) is 20.2. The van der Waals surface area contributed by atoms with E-state index in [9.17, 15) is 10.5 Å². The van der Waals surface area contributed by atoms with E-state index >= 15 is 0 Å². The summed E-state index contributed by atoms with van der Waals surface area (Å²) in [6.07, 6.45) is 6.04. The number of nitrogens with two attached hydrogens (primary N) is 1. The molecule has 11 nitrogen and oxygen atoms in total. The van der Waals surface area contributed by atoms with Gasteiger partial charge in [-0.3, -0.25) is 4.90 Å². The third-order valence-corrected chi connectivity index (χ3v) is 10.8. The molecule has 216 valence electrons. The number of hydrogen-bond donors (Lipinski definition) is 1. The lowest BCUT2D eigenvalue weighted by Crippen LogP contribution is -2.59. The van der Waals surface area contributed by atoms with Crippen LogP contribution in [0.2, 0.25) is 0 Å². The van der Waals surface area contributed by atoms with Crippen molar-refractivity contribution in [1.29, 1.82) is 10.5 Å².